The summed E-state index contributed by atoms with van der Waals surface area (Å²) >= 11 is 12.0. The second kappa shape index (κ2) is 6.97. The van der Waals surface area contributed by atoms with E-state index in [9.17, 15) is 0 Å². The van der Waals surface area contributed by atoms with Crippen molar-refractivity contribution in [1.29, 1.82) is 0 Å². The average molecular weight is 305 g/mol. The fourth-order valence-corrected chi connectivity index (χ4v) is 2.74. The SMILES string of the molecule is CCC(=C(CC)c1ccc(Cl)cc1)c1ccc(Cl)cc1. The Bertz CT molecular complexity index is 537. The molecule has 0 fully saturated rings. The standard InChI is InChI=1S/C18H18Cl2/c1-3-17(13-5-9-15(19)10-6-13)18(4-2)14-7-11-16(20)12-8-14/h5-12H,3-4H2,1-2H3. The van der Waals surface area contributed by atoms with Crippen molar-refractivity contribution in [2.45, 2.75) is 26.7 Å². The predicted octanol–water partition coefficient (Wildman–Crippen LogP) is 6.72. The number of allylic oxidation sites excluding steroid dienone is 2. The molecule has 0 nitrogen and oxygen atoms in total. The van der Waals surface area contributed by atoms with Crippen molar-refractivity contribution >= 4 is 34.3 Å². The van der Waals surface area contributed by atoms with Crippen molar-refractivity contribution in [3.05, 3.63) is 69.7 Å². The van der Waals surface area contributed by atoms with E-state index in [1.165, 1.54) is 22.3 Å². The molecule has 0 aromatic heterocycles. The van der Waals surface area contributed by atoms with E-state index in [-0.39, 0.29) is 0 Å². The predicted molar refractivity (Wildman–Crippen MR) is 90.3 cm³/mol. The molecular weight excluding hydrogens is 287 g/mol. The van der Waals surface area contributed by atoms with Crippen molar-refractivity contribution < 1.29 is 0 Å². The lowest BCUT2D eigenvalue weighted by Crippen LogP contribution is -1.91. The molecule has 2 aromatic carbocycles. The van der Waals surface area contributed by atoms with E-state index < -0.39 is 0 Å². The zero-order valence-electron chi connectivity index (χ0n) is 11.8. The van der Waals surface area contributed by atoms with Gasteiger partial charge in [-0.3, -0.25) is 0 Å². The smallest absolute Gasteiger partial charge is 0.0406 e. The largest absolute Gasteiger partial charge is 0.0843 e. The Morgan fingerprint density at radius 1 is 0.650 bits per heavy atom. The summed E-state index contributed by atoms with van der Waals surface area (Å²) in [6.07, 6.45) is 1.99. The van der Waals surface area contributed by atoms with Crippen LogP contribution in [-0.4, -0.2) is 0 Å². The minimum Gasteiger partial charge on any atom is -0.0843 e. The number of halogens is 2. The van der Waals surface area contributed by atoms with Gasteiger partial charge in [0.2, 0.25) is 0 Å². The molecule has 0 aliphatic heterocycles. The minimum absolute atomic E-state index is 0.772. The molecule has 0 saturated carbocycles. The summed E-state index contributed by atoms with van der Waals surface area (Å²) in [4.78, 5) is 0. The summed E-state index contributed by atoms with van der Waals surface area (Å²) in [5.41, 5.74) is 5.21. The second-order valence-corrected chi connectivity index (χ2v) is 5.55. The fraction of sp³-hybridized carbons (Fsp3) is 0.222. The van der Waals surface area contributed by atoms with Gasteiger partial charge in [0, 0.05) is 10.0 Å². The van der Waals surface area contributed by atoms with Crippen LogP contribution in [0.3, 0.4) is 0 Å². The summed E-state index contributed by atoms with van der Waals surface area (Å²) in [5, 5.41) is 1.54. The molecule has 20 heavy (non-hydrogen) atoms. The van der Waals surface area contributed by atoms with E-state index in [2.05, 4.69) is 38.1 Å². The fourth-order valence-electron chi connectivity index (χ4n) is 2.49. The van der Waals surface area contributed by atoms with Crippen molar-refractivity contribution in [1.82, 2.24) is 0 Å². The van der Waals surface area contributed by atoms with Crippen LogP contribution < -0.4 is 0 Å². The first-order chi connectivity index (χ1) is 9.65. The molecule has 0 atom stereocenters. The van der Waals surface area contributed by atoms with Gasteiger partial charge in [-0.1, -0.05) is 61.3 Å². The zero-order chi connectivity index (χ0) is 14.5. The van der Waals surface area contributed by atoms with E-state index >= 15 is 0 Å². The van der Waals surface area contributed by atoms with Gasteiger partial charge >= 0.3 is 0 Å². The molecule has 104 valence electrons. The molecule has 0 amide bonds. The summed E-state index contributed by atoms with van der Waals surface area (Å²) in [6.45, 7) is 4.38. The van der Waals surface area contributed by atoms with Gasteiger partial charge in [-0.15, -0.1) is 0 Å². The molecule has 2 aromatic rings. The Hall–Kier alpha value is -1.24. The van der Waals surface area contributed by atoms with E-state index in [4.69, 9.17) is 23.2 Å². The van der Waals surface area contributed by atoms with Gasteiger partial charge in [0.15, 0.2) is 0 Å². The Labute approximate surface area is 131 Å². The van der Waals surface area contributed by atoms with Gasteiger partial charge in [0.05, 0.1) is 0 Å². The van der Waals surface area contributed by atoms with Gasteiger partial charge in [0.1, 0.15) is 0 Å². The molecule has 0 spiro atoms. The number of benzene rings is 2. The zero-order valence-corrected chi connectivity index (χ0v) is 13.3. The molecule has 0 aliphatic carbocycles. The third-order valence-corrected chi connectivity index (χ3v) is 3.96. The van der Waals surface area contributed by atoms with E-state index in [1.807, 2.05) is 24.3 Å². The number of hydrogen-bond acceptors (Lipinski definition) is 0. The Morgan fingerprint density at radius 3 is 1.20 bits per heavy atom. The molecular formula is C18H18Cl2. The van der Waals surface area contributed by atoms with Crippen molar-refractivity contribution in [2.75, 3.05) is 0 Å². The maximum absolute atomic E-state index is 5.98. The van der Waals surface area contributed by atoms with E-state index in [0.717, 1.165) is 22.9 Å². The van der Waals surface area contributed by atoms with Gasteiger partial charge in [-0.2, -0.15) is 0 Å². The average Bonchev–Trinajstić information content (AvgIpc) is 2.47. The Kier molecular flexibility index (Phi) is 5.28. The topological polar surface area (TPSA) is 0 Å². The third kappa shape index (κ3) is 3.45. The normalized spacial score (nSPS) is 12.2. The molecule has 0 bridgehead atoms. The first-order valence-corrected chi connectivity index (χ1v) is 7.65. The highest BCUT2D eigenvalue weighted by Gasteiger charge is 2.09. The van der Waals surface area contributed by atoms with Gasteiger partial charge in [0.25, 0.3) is 0 Å². The third-order valence-electron chi connectivity index (χ3n) is 3.46. The summed E-state index contributed by atoms with van der Waals surface area (Å²) < 4.78 is 0. The van der Waals surface area contributed by atoms with E-state index in [1.54, 1.807) is 0 Å². The molecule has 2 rings (SSSR count). The highest BCUT2D eigenvalue weighted by molar-refractivity contribution is 6.30. The lowest BCUT2D eigenvalue weighted by atomic mass is 9.91. The number of hydrogen-bond donors (Lipinski definition) is 0. The van der Waals surface area contributed by atoms with Crippen molar-refractivity contribution in [3.63, 3.8) is 0 Å². The Morgan fingerprint density at radius 2 is 0.950 bits per heavy atom. The van der Waals surface area contributed by atoms with Crippen molar-refractivity contribution in [3.8, 4) is 0 Å². The molecule has 0 saturated heterocycles. The monoisotopic (exact) mass is 304 g/mol. The van der Waals surface area contributed by atoms with Gasteiger partial charge < -0.3 is 0 Å². The maximum atomic E-state index is 5.98. The molecule has 0 aliphatic rings. The van der Waals surface area contributed by atoms with Crippen LogP contribution in [0.15, 0.2) is 48.5 Å². The van der Waals surface area contributed by atoms with Gasteiger partial charge in [-0.25, -0.2) is 0 Å². The lowest BCUT2D eigenvalue weighted by Gasteiger charge is -2.14. The first-order valence-electron chi connectivity index (χ1n) is 6.89. The van der Waals surface area contributed by atoms with Crippen LogP contribution in [0.1, 0.15) is 37.8 Å². The van der Waals surface area contributed by atoms with Crippen LogP contribution in [0.5, 0.6) is 0 Å². The molecule has 0 radical (unpaired) electrons. The van der Waals surface area contributed by atoms with Crippen molar-refractivity contribution in [2.24, 2.45) is 0 Å². The summed E-state index contributed by atoms with van der Waals surface area (Å²) in [6, 6.07) is 16.1. The van der Waals surface area contributed by atoms with Gasteiger partial charge in [-0.05, 0) is 59.4 Å². The van der Waals surface area contributed by atoms with Crippen LogP contribution in [0, 0.1) is 0 Å². The highest BCUT2D eigenvalue weighted by atomic mass is 35.5. The quantitative estimate of drug-likeness (QED) is 0.550. The van der Waals surface area contributed by atoms with Crippen LogP contribution in [0.25, 0.3) is 11.1 Å². The maximum Gasteiger partial charge on any atom is 0.0406 e. The molecule has 0 N–H and O–H groups in total. The molecule has 2 heteroatoms. The van der Waals surface area contributed by atoms with Crippen LogP contribution in [-0.2, 0) is 0 Å². The van der Waals surface area contributed by atoms with Crippen LogP contribution >= 0.6 is 23.2 Å². The van der Waals surface area contributed by atoms with Crippen LogP contribution in [0.2, 0.25) is 10.0 Å². The molecule has 0 unspecified atom stereocenters. The first kappa shape index (κ1) is 15.2. The molecule has 0 heterocycles. The van der Waals surface area contributed by atoms with Crippen LogP contribution in [0.4, 0.5) is 0 Å². The highest BCUT2D eigenvalue weighted by Crippen LogP contribution is 2.32. The second-order valence-electron chi connectivity index (χ2n) is 4.68. The van der Waals surface area contributed by atoms with E-state index in [0.29, 0.717) is 0 Å². The minimum atomic E-state index is 0.772. The Balaban J connectivity index is 2.52. The lowest BCUT2D eigenvalue weighted by molar-refractivity contribution is 1.18. The number of rotatable bonds is 4. The summed E-state index contributed by atoms with van der Waals surface area (Å²) in [7, 11) is 0. The summed E-state index contributed by atoms with van der Waals surface area (Å²) in [5.74, 6) is 0.